The van der Waals surface area contributed by atoms with Crippen LogP contribution in [0.4, 0.5) is 0 Å². The molecule has 0 amide bonds. The molecule has 122 valence electrons. The SMILES string of the molecule is CCn1c([Si](C)(C)C)cc2nnc3c(c(=O)n(C)c(=O)n3C)c21. The Bertz CT molecular complexity index is 1050. The molecule has 8 heteroatoms. The summed E-state index contributed by atoms with van der Waals surface area (Å²) in [6.07, 6.45) is 0. The second-order valence-electron chi connectivity index (χ2n) is 6.86. The molecule has 3 heterocycles. The molecule has 3 aromatic rings. The van der Waals surface area contributed by atoms with Gasteiger partial charge in [-0.25, -0.2) is 4.79 Å². The van der Waals surface area contributed by atoms with Crippen LogP contribution in [0.1, 0.15) is 6.92 Å². The molecule has 0 N–H and O–H groups in total. The highest BCUT2D eigenvalue weighted by molar-refractivity contribution is 6.88. The highest BCUT2D eigenvalue weighted by Crippen LogP contribution is 2.20. The van der Waals surface area contributed by atoms with Crippen molar-refractivity contribution in [2.45, 2.75) is 33.1 Å². The van der Waals surface area contributed by atoms with Gasteiger partial charge < -0.3 is 4.57 Å². The van der Waals surface area contributed by atoms with Crippen molar-refractivity contribution in [1.82, 2.24) is 23.9 Å². The number of rotatable bonds is 2. The van der Waals surface area contributed by atoms with Crippen LogP contribution in [-0.4, -0.2) is 32.0 Å². The summed E-state index contributed by atoms with van der Waals surface area (Å²) in [5, 5.41) is 10.1. The molecule has 3 aromatic heterocycles. The Kier molecular flexibility index (Phi) is 3.33. The fourth-order valence-corrected chi connectivity index (χ4v) is 4.73. The molecule has 0 aromatic carbocycles. The predicted molar refractivity (Wildman–Crippen MR) is 94.2 cm³/mol. The van der Waals surface area contributed by atoms with Gasteiger partial charge in [0.2, 0.25) is 0 Å². The molecule has 0 spiro atoms. The van der Waals surface area contributed by atoms with E-state index in [9.17, 15) is 9.59 Å². The summed E-state index contributed by atoms with van der Waals surface area (Å²) in [5.74, 6) is 0. The molecule has 0 atom stereocenters. The van der Waals surface area contributed by atoms with Crippen LogP contribution in [0.2, 0.25) is 19.6 Å². The van der Waals surface area contributed by atoms with Gasteiger partial charge in [0.25, 0.3) is 5.56 Å². The Morgan fingerprint density at radius 1 is 1.09 bits per heavy atom. The molecule has 23 heavy (non-hydrogen) atoms. The molecule has 0 aliphatic heterocycles. The molecule has 0 radical (unpaired) electrons. The Hall–Kier alpha value is -2.22. The highest BCUT2D eigenvalue weighted by Gasteiger charge is 2.25. The lowest BCUT2D eigenvalue weighted by Crippen LogP contribution is -2.42. The minimum absolute atomic E-state index is 0.321. The second-order valence-corrected chi connectivity index (χ2v) is 11.9. The summed E-state index contributed by atoms with van der Waals surface area (Å²) in [5.41, 5.74) is 1.12. The average molecular weight is 331 g/mol. The number of fused-ring (bicyclic) bond motifs is 3. The fourth-order valence-electron chi connectivity index (χ4n) is 3.08. The largest absolute Gasteiger partial charge is 0.347 e. The lowest BCUT2D eigenvalue weighted by molar-refractivity contribution is 0.703. The van der Waals surface area contributed by atoms with Gasteiger partial charge in [-0.15, -0.1) is 10.2 Å². The van der Waals surface area contributed by atoms with E-state index in [1.54, 1.807) is 7.05 Å². The average Bonchev–Trinajstić information content (AvgIpc) is 2.88. The molecule has 0 saturated carbocycles. The lowest BCUT2D eigenvalue weighted by atomic mass is 10.3. The van der Waals surface area contributed by atoms with Crippen molar-refractivity contribution in [2.75, 3.05) is 0 Å². The van der Waals surface area contributed by atoms with E-state index in [-0.39, 0.29) is 5.56 Å². The minimum atomic E-state index is -1.61. The molecule has 0 bridgehead atoms. The number of hydrogen-bond acceptors (Lipinski definition) is 4. The minimum Gasteiger partial charge on any atom is -0.347 e. The van der Waals surface area contributed by atoms with Crippen molar-refractivity contribution in [3.8, 4) is 0 Å². The van der Waals surface area contributed by atoms with Crippen LogP contribution in [0.5, 0.6) is 0 Å². The Balaban J connectivity index is 2.67. The van der Waals surface area contributed by atoms with Gasteiger partial charge in [0.05, 0.1) is 13.6 Å². The standard InChI is InChI=1S/C15H21N5O2Si/c1-7-20-10(23(4,5)6)8-9-12(20)11-13(17-16-9)18(2)15(22)19(3)14(11)21/h8H,7H2,1-6H3. The van der Waals surface area contributed by atoms with Gasteiger partial charge in [-0.2, -0.15) is 0 Å². The molecular formula is C15H21N5O2Si. The van der Waals surface area contributed by atoms with E-state index < -0.39 is 13.8 Å². The van der Waals surface area contributed by atoms with Crippen LogP contribution in [-0.2, 0) is 20.6 Å². The van der Waals surface area contributed by atoms with Gasteiger partial charge in [0.15, 0.2) is 5.65 Å². The third-order valence-corrected chi connectivity index (χ3v) is 6.24. The Labute approximate surface area is 134 Å². The van der Waals surface area contributed by atoms with Crippen molar-refractivity contribution in [3.63, 3.8) is 0 Å². The fraction of sp³-hybridized carbons (Fsp3) is 0.467. The quantitative estimate of drug-likeness (QED) is 0.643. The number of aromatic nitrogens is 5. The molecule has 3 rings (SSSR count). The molecule has 0 aliphatic rings. The maximum Gasteiger partial charge on any atom is 0.332 e. The zero-order valence-corrected chi connectivity index (χ0v) is 15.3. The Morgan fingerprint density at radius 3 is 2.30 bits per heavy atom. The number of hydrogen-bond donors (Lipinski definition) is 0. The summed E-state index contributed by atoms with van der Waals surface area (Å²) in [7, 11) is 1.50. The number of aryl methyl sites for hydroxylation is 2. The predicted octanol–water partition coefficient (Wildman–Crippen LogP) is 0.547. The first-order valence-electron chi connectivity index (χ1n) is 7.64. The first-order valence-corrected chi connectivity index (χ1v) is 11.1. The van der Waals surface area contributed by atoms with E-state index in [0.29, 0.717) is 16.6 Å². The molecular weight excluding hydrogens is 310 g/mol. The monoisotopic (exact) mass is 331 g/mol. The summed E-state index contributed by atoms with van der Waals surface area (Å²) < 4.78 is 4.67. The zero-order chi connectivity index (χ0) is 17.1. The number of nitrogens with zero attached hydrogens (tertiary/aromatic N) is 5. The van der Waals surface area contributed by atoms with Crippen LogP contribution >= 0.6 is 0 Å². The summed E-state index contributed by atoms with van der Waals surface area (Å²) >= 11 is 0. The topological polar surface area (TPSA) is 74.7 Å². The van der Waals surface area contributed by atoms with E-state index in [0.717, 1.165) is 16.6 Å². The Morgan fingerprint density at radius 2 is 1.74 bits per heavy atom. The van der Waals surface area contributed by atoms with E-state index in [4.69, 9.17) is 0 Å². The van der Waals surface area contributed by atoms with Gasteiger partial charge in [-0.05, 0) is 13.0 Å². The highest BCUT2D eigenvalue weighted by atomic mass is 28.3. The van der Waals surface area contributed by atoms with Crippen molar-refractivity contribution in [2.24, 2.45) is 14.1 Å². The molecule has 0 unspecified atom stereocenters. The molecule has 0 fully saturated rings. The van der Waals surface area contributed by atoms with Crippen LogP contribution < -0.4 is 16.6 Å². The van der Waals surface area contributed by atoms with Gasteiger partial charge in [-0.3, -0.25) is 13.9 Å². The van der Waals surface area contributed by atoms with Crippen LogP contribution in [0.25, 0.3) is 22.1 Å². The summed E-state index contributed by atoms with van der Waals surface area (Å²) in [6.45, 7) is 9.59. The molecule has 0 aliphatic carbocycles. The van der Waals surface area contributed by atoms with Gasteiger partial charge in [0, 0.05) is 26.0 Å². The van der Waals surface area contributed by atoms with Gasteiger partial charge in [-0.1, -0.05) is 19.6 Å². The molecule has 7 nitrogen and oxygen atoms in total. The van der Waals surface area contributed by atoms with E-state index in [1.165, 1.54) is 16.9 Å². The maximum atomic E-state index is 12.7. The first-order chi connectivity index (χ1) is 10.7. The molecule has 0 saturated heterocycles. The van der Waals surface area contributed by atoms with Crippen molar-refractivity contribution in [1.29, 1.82) is 0 Å². The van der Waals surface area contributed by atoms with Crippen molar-refractivity contribution >= 4 is 35.5 Å². The van der Waals surface area contributed by atoms with E-state index >= 15 is 0 Å². The lowest BCUT2D eigenvalue weighted by Gasteiger charge is -2.19. The summed E-state index contributed by atoms with van der Waals surface area (Å²) in [6, 6.07) is 2.04. The van der Waals surface area contributed by atoms with Crippen LogP contribution in [0.15, 0.2) is 15.7 Å². The van der Waals surface area contributed by atoms with E-state index in [2.05, 4.69) is 41.3 Å². The zero-order valence-electron chi connectivity index (χ0n) is 14.3. The van der Waals surface area contributed by atoms with Crippen LogP contribution in [0, 0.1) is 0 Å². The van der Waals surface area contributed by atoms with Gasteiger partial charge >= 0.3 is 5.69 Å². The first kappa shape index (κ1) is 15.7. The van der Waals surface area contributed by atoms with E-state index in [1.807, 2.05) is 6.07 Å². The van der Waals surface area contributed by atoms with Crippen molar-refractivity contribution in [3.05, 3.63) is 26.9 Å². The van der Waals surface area contributed by atoms with Gasteiger partial charge in [0.1, 0.15) is 10.9 Å². The van der Waals surface area contributed by atoms with Crippen LogP contribution in [0.3, 0.4) is 0 Å². The third-order valence-electron chi connectivity index (χ3n) is 4.28. The van der Waals surface area contributed by atoms with Crippen molar-refractivity contribution < 1.29 is 0 Å². The smallest absolute Gasteiger partial charge is 0.332 e. The third kappa shape index (κ3) is 2.08. The normalized spacial score (nSPS) is 12.4. The maximum absolute atomic E-state index is 12.7. The second kappa shape index (κ2) is 4.89. The summed E-state index contributed by atoms with van der Waals surface area (Å²) in [4.78, 5) is 24.8.